The molecule has 5 heteroatoms. The fourth-order valence-electron chi connectivity index (χ4n) is 2.75. The molecule has 1 aliphatic heterocycles. The Labute approximate surface area is 118 Å². The van der Waals surface area contributed by atoms with Crippen molar-refractivity contribution < 1.29 is 19.0 Å². The minimum absolute atomic E-state index is 0.00139. The number of nitrogens with zero attached hydrogens (tertiary/aromatic N) is 1. The summed E-state index contributed by atoms with van der Waals surface area (Å²) in [5, 5.41) is 9.40. The first-order chi connectivity index (χ1) is 9.56. The lowest BCUT2D eigenvalue weighted by atomic mass is 10.0. The number of ketones is 1. The number of carbonyl (C=O) groups excluding carboxylic acids is 1. The molecule has 2 atom stereocenters. The Morgan fingerprint density at radius 2 is 2.30 bits per heavy atom. The van der Waals surface area contributed by atoms with Crippen molar-refractivity contribution in [1.29, 1.82) is 0 Å². The second-order valence-electron chi connectivity index (χ2n) is 5.25. The molecule has 1 saturated heterocycles. The summed E-state index contributed by atoms with van der Waals surface area (Å²) in [7, 11) is 1.46. The average Bonchev–Trinajstić information content (AvgIpc) is 2.78. The number of aliphatic hydroxyl groups is 1. The lowest BCUT2D eigenvalue weighted by Crippen LogP contribution is -2.38. The zero-order chi connectivity index (χ0) is 14.7. The van der Waals surface area contributed by atoms with E-state index in [1.165, 1.54) is 25.3 Å². The van der Waals surface area contributed by atoms with Crippen LogP contribution >= 0.6 is 0 Å². The smallest absolute Gasteiger partial charge is 0.180 e. The van der Waals surface area contributed by atoms with Gasteiger partial charge in [0.25, 0.3) is 0 Å². The molecule has 1 N–H and O–H groups in total. The van der Waals surface area contributed by atoms with Gasteiger partial charge >= 0.3 is 0 Å². The van der Waals surface area contributed by atoms with Gasteiger partial charge in [-0.15, -0.1) is 0 Å². The number of aliphatic hydroxyl groups excluding tert-OH is 1. The van der Waals surface area contributed by atoms with E-state index in [2.05, 4.69) is 6.92 Å². The van der Waals surface area contributed by atoms with E-state index in [1.54, 1.807) is 0 Å². The number of carbonyl (C=O) groups is 1. The van der Waals surface area contributed by atoms with Crippen LogP contribution in [0.5, 0.6) is 5.75 Å². The lowest BCUT2D eigenvalue weighted by Gasteiger charge is -2.24. The molecule has 0 saturated carbocycles. The summed E-state index contributed by atoms with van der Waals surface area (Å²) in [6.07, 6.45) is 0.957. The molecule has 1 fully saturated rings. The average molecular weight is 281 g/mol. The summed E-state index contributed by atoms with van der Waals surface area (Å²) in [6.45, 7) is 3.05. The van der Waals surface area contributed by atoms with Crippen LogP contribution in [0.2, 0.25) is 0 Å². The van der Waals surface area contributed by atoms with E-state index in [-0.39, 0.29) is 30.5 Å². The van der Waals surface area contributed by atoms with Crippen molar-refractivity contribution in [1.82, 2.24) is 4.90 Å². The number of ether oxygens (including phenoxy) is 1. The Morgan fingerprint density at radius 1 is 1.55 bits per heavy atom. The van der Waals surface area contributed by atoms with E-state index in [1.807, 2.05) is 4.90 Å². The first kappa shape index (κ1) is 14.9. The van der Waals surface area contributed by atoms with E-state index in [0.717, 1.165) is 13.0 Å². The largest absolute Gasteiger partial charge is 0.496 e. The van der Waals surface area contributed by atoms with Gasteiger partial charge in [-0.2, -0.15) is 0 Å². The highest BCUT2D eigenvalue weighted by Crippen LogP contribution is 2.25. The van der Waals surface area contributed by atoms with E-state index >= 15 is 0 Å². The lowest BCUT2D eigenvalue weighted by molar-refractivity contribution is 0.0863. The van der Waals surface area contributed by atoms with E-state index in [0.29, 0.717) is 11.7 Å². The molecule has 110 valence electrons. The second-order valence-corrected chi connectivity index (χ2v) is 5.25. The summed E-state index contributed by atoms with van der Waals surface area (Å²) in [5.74, 6) is 0.1000. The van der Waals surface area contributed by atoms with Gasteiger partial charge in [0, 0.05) is 6.04 Å². The Balaban J connectivity index is 2.14. The van der Waals surface area contributed by atoms with Gasteiger partial charge in [0.05, 0.1) is 25.8 Å². The fourth-order valence-corrected chi connectivity index (χ4v) is 2.75. The van der Waals surface area contributed by atoms with Crippen LogP contribution in [0, 0.1) is 11.7 Å². The molecule has 0 aliphatic carbocycles. The van der Waals surface area contributed by atoms with Crippen LogP contribution in [0.15, 0.2) is 18.2 Å². The van der Waals surface area contributed by atoms with Crippen LogP contribution in [0.1, 0.15) is 23.7 Å². The standard InChI is InChI=1S/C15H20FNO3/c1-10-5-6-17(13(10)9-18)8-14(19)12-7-11(16)3-4-15(12)20-2/h3-4,7,10,13,18H,5-6,8-9H2,1-2H3. The van der Waals surface area contributed by atoms with Crippen LogP contribution in [0.4, 0.5) is 4.39 Å². The van der Waals surface area contributed by atoms with Crippen LogP contribution in [0.25, 0.3) is 0 Å². The highest BCUT2D eigenvalue weighted by Gasteiger charge is 2.32. The maximum atomic E-state index is 13.3. The third kappa shape index (κ3) is 2.99. The molecule has 1 aromatic carbocycles. The molecule has 0 spiro atoms. The van der Waals surface area contributed by atoms with Gasteiger partial charge < -0.3 is 9.84 Å². The summed E-state index contributed by atoms with van der Waals surface area (Å²) in [6, 6.07) is 3.93. The van der Waals surface area contributed by atoms with Crippen LogP contribution < -0.4 is 4.74 Å². The van der Waals surface area contributed by atoms with Gasteiger partial charge in [-0.3, -0.25) is 9.69 Å². The van der Waals surface area contributed by atoms with Crippen molar-refractivity contribution in [3.05, 3.63) is 29.6 Å². The third-order valence-electron chi connectivity index (χ3n) is 3.99. The molecular formula is C15H20FNO3. The van der Waals surface area contributed by atoms with Crippen LogP contribution in [-0.2, 0) is 0 Å². The number of benzene rings is 1. The number of likely N-dealkylation sites (tertiary alicyclic amines) is 1. The molecule has 1 aliphatic rings. The van der Waals surface area contributed by atoms with Crippen molar-refractivity contribution in [2.24, 2.45) is 5.92 Å². The first-order valence-corrected chi connectivity index (χ1v) is 6.78. The third-order valence-corrected chi connectivity index (χ3v) is 3.99. The van der Waals surface area contributed by atoms with Crippen LogP contribution in [-0.4, -0.2) is 48.6 Å². The number of Topliss-reactive ketones (excluding diaryl/α,β-unsaturated/α-hetero) is 1. The Kier molecular flexibility index (Phi) is 4.73. The molecule has 0 radical (unpaired) electrons. The molecule has 0 aromatic heterocycles. The highest BCUT2D eigenvalue weighted by atomic mass is 19.1. The first-order valence-electron chi connectivity index (χ1n) is 6.78. The van der Waals surface area contributed by atoms with Crippen molar-refractivity contribution >= 4 is 5.78 Å². The Hall–Kier alpha value is -1.46. The van der Waals surface area contributed by atoms with E-state index in [4.69, 9.17) is 4.74 Å². The molecule has 0 bridgehead atoms. The zero-order valence-electron chi connectivity index (χ0n) is 11.8. The number of methoxy groups -OCH3 is 1. The maximum Gasteiger partial charge on any atom is 0.180 e. The minimum Gasteiger partial charge on any atom is -0.496 e. The summed E-state index contributed by atoms with van der Waals surface area (Å²) < 4.78 is 18.4. The second kappa shape index (κ2) is 6.33. The SMILES string of the molecule is COc1ccc(F)cc1C(=O)CN1CCC(C)C1CO. The Bertz CT molecular complexity index is 492. The van der Waals surface area contributed by atoms with Gasteiger partial charge in [-0.25, -0.2) is 4.39 Å². The topological polar surface area (TPSA) is 49.8 Å². The molecule has 1 heterocycles. The number of hydrogen-bond acceptors (Lipinski definition) is 4. The summed E-state index contributed by atoms with van der Waals surface area (Å²) >= 11 is 0. The van der Waals surface area contributed by atoms with Gasteiger partial charge in [0.2, 0.25) is 0 Å². The van der Waals surface area contributed by atoms with Crippen molar-refractivity contribution in [2.75, 3.05) is 26.8 Å². The zero-order valence-corrected chi connectivity index (χ0v) is 11.8. The van der Waals surface area contributed by atoms with E-state index in [9.17, 15) is 14.3 Å². The van der Waals surface area contributed by atoms with E-state index < -0.39 is 5.82 Å². The van der Waals surface area contributed by atoms with Gasteiger partial charge in [-0.1, -0.05) is 6.92 Å². The predicted octanol–water partition coefficient (Wildman–Crippen LogP) is 1.72. The molecule has 2 unspecified atom stereocenters. The van der Waals surface area contributed by atoms with Gasteiger partial charge in [0.1, 0.15) is 11.6 Å². The summed E-state index contributed by atoms with van der Waals surface area (Å²) in [5.41, 5.74) is 0.253. The fraction of sp³-hybridized carbons (Fsp3) is 0.533. The summed E-state index contributed by atoms with van der Waals surface area (Å²) in [4.78, 5) is 14.3. The molecule has 1 aromatic rings. The predicted molar refractivity (Wildman–Crippen MR) is 73.5 cm³/mol. The molecule has 20 heavy (non-hydrogen) atoms. The maximum absolute atomic E-state index is 13.3. The van der Waals surface area contributed by atoms with Gasteiger partial charge in [-0.05, 0) is 37.1 Å². The number of rotatable bonds is 5. The minimum atomic E-state index is -0.456. The Morgan fingerprint density at radius 3 is 2.95 bits per heavy atom. The molecule has 2 rings (SSSR count). The molecule has 4 nitrogen and oxygen atoms in total. The van der Waals surface area contributed by atoms with Crippen molar-refractivity contribution in [3.8, 4) is 5.75 Å². The molecular weight excluding hydrogens is 261 g/mol. The normalized spacial score (nSPS) is 23.0. The van der Waals surface area contributed by atoms with Gasteiger partial charge in [0.15, 0.2) is 5.78 Å². The number of halogens is 1. The molecule has 0 amide bonds. The highest BCUT2D eigenvalue weighted by molar-refractivity contribution is 6.00. The van der Waals surface area contributed by atoms with Crippen molar-refractivity contribution in [2.45, 2.75) is 19.4 Å². The number of hydrogen-bond donors (Lipinski definition) is 1. The quantitative estimate of drug-likeness (QED) is 0.835. The van der Waals surface area contributed by atoms with Crippen molar-refractivity contribution in [3.63, 3.8) is 0 Å². The van der Waals surface area contributed by atoms with Crippen LogP contribution in [0.3, 0.4) is 0 Å². The monoisotopic (exact) mass is 281 g/mol.